The van der Waals surface area contributed by atoms with Crippen LogP contribution in [-0.2, 0) is 22.4 Å². The van der Waals surface area contributed by atoms with Gasteiger partial charge in [-0.2, -0.15) is 0 Å². The lowest BCUT2D eigenvalue weighted by Gasteiger charge is -2.18. The Morgan fingerprint density at radius 3 is 1.36 bits per heavy atom. The molecule has 0 aliphatic heterocycles. The van der Waals surface area contributed by atoms with E-state index in [2.05, 4.69) is 0 Å². The maximum absolute atomic E-state index is 11.6. The van der Waals surface area contributed by atoms with Gasteiger partial charge in [0.2, 0.25) is 0 Å². The number of carbonyl (C=O) groups is 2. The van der Waals surface area contributed by atoms with Crippen molar-refractivity contribution in [2.45, 2.75) is 32.1 Å². The topological polar surface area (TPSA) is 74.6 Å². The van der Waals surface area contributed by atoms with Crippen LogP contribution in [0.1, 0.15) is 30.4 Å². The molecule has 2 rings (SSSR count). The van der Waals surface area contributed by atoms with Crippen LogP contribution in [0, 0.1) is 11.8 Å². The fourth-order valence-electron chi connectivity index (χ4n) is 3.00. The van der Waals surface area contributed by atoms with Crippen LogP contribution in [0.15, 0.2) is 60.7 Å². The van der Waals surface area contributed by atoms with Gasteiger partial charge in [-0.05, 0) is 43.2 Å². The summed E-state index contributed by atoms with van der Waals surface area (Å²) < 4.78 is 0. The van der Waals surface area contributed by atoms with Gasteiger partial charge in [-0.1, -0.05) is 60.7 Å². The van der Waals surface area contributed by atoms with E-state index < -0.39 is 23.8 Å². The molecule has 0 aliphatic rings. The van der Waals surface area contributed by atoms with E-state index in [1.54, 1.807) is 0 Å². The Bertz CT molecular complexity index is 607. The van der Waals surface area contributed by atoms with Crippen LogP contribution in [0.25, 0.3) is 0 Å². The van der Waals surface area contributed by atoms with E-state index in [9.17, 15) is 19.8 Å². The van der Waals surface area contributed by atoms with Crippen molar-refractivity contribution < 1.29 is 19.8 Å². The average molecular weight is 340 g/mol. The van der Waals surface area contributed by atoms with Crippen LogP contribution in [0.5, 0.6) is 0 Å². The standard InChI is InChI=1S/C21H24O4/c22-20(23)18(13-11-16-7-3-1-4-8-16)15-19(21(24)25)14-12-17-9-5-2-6-10-17/h1-10,18-19H,11-15H2,(H,22,23)(H,24,25)/t18-,19?/m0/s1. The lowest BCUT2D eigenvalue weighted by Crippen LogP contribution is -2.24. The van der Waals surface area contributed by atoms with Crippen LogP contribution in [-0.4, -0.2) is 22.2 Å². The first-order valence-corrected chi connectivity index (χ1v) is 8.59. The van der Waals surface area contributed by atoms with Crippen LogP contribution in [0.4, 0.5) is 0 Å². The Morgan fingerprint density at radius 2 is 1.04 bits per heavy atom. The maximum atomic E-state index is 11.6. The largest absolute Gasteiger partial charge is 0.481 e. The molecule has 132 valence electrons. The second kappa shape index (κ2) is 9.62. The fraction of sp³-hybridized carbons (Fsp3) is 0.333. The van der Waals surface area contributed by atoms with Crippen LogP contribution in [0.2, 0.25) is 0 Å². The second-order valence-corrected chi connectivity index (χ2v) is 6.35. The number of carboxylic acid groups (broad SMARTS) is 2. The Labute approximate surface area is 148 Å². The summed E-state index contributed by atoms with van der Waals surface area (Å²) in [6, 6.07) is 19.4. The fourth-order valence-corrected chi connectivity index (χ4v) is 3.00. The van der Waals surface area contributed by atoms with Gasteiger partial charge in [0.1, 0.15) is 0 Å². The number of hydrogen-bond acceptors (Lipinski definition) is 2. The van der Waals surface area contributed by atoms with E-state index in [4.69, 9.17) is 0 Å². The van der Waals surface area contributed by atoms with Crippen molar-refractivity contribution in [2.75, 3.05) is 0 Å². The smallest absolute Gasteiger partial charge is 0.306 e. The zero-order valence-corrected chi connectivity index (χ0v) is 14.2. The molecule has 0 aliphatic carbocycles. The summed E-state index contributed by atoms with van der Waals surface area (Å²) in [6.07, 6.45) is 2.36. The van der Waals surface area contributed by atoms with Gasteiger partial charge in [0, 0.05) is 0 Å². The average Bonchev–Trinajstić information content (AvgIpc) is 2.62. The van der Waals surface area contributed by atoms with E-state index >= 15 is 0 Å². The first kappa shape index (κ1) is 18.7. The molecule has 4 heteroatoms. The molecule has 2 aromatic rings. The number of aliphatic carboxylic acids is 2. The molecule has 4 nitrogen and oxygen atoms in total. The number of rotatable bonds is 10. The van der Waals surface area contributed by atoms with Crippen molar-refractivity contribution in [3.63, 3.8) is 0 Å². The highest BCUT2D eigenvalue weighted by molar-refractivity contribution is 5.73. The Hall–Kier alpha value is -2.62. The van der Waals surface area contributed by atoms with Gasteiger partial charge >= 0.3 is 11.9 Å². The highest BCUT2D eigenvalue weighted by Crippen LogP contribution is 2.23. The monoisotopic (exact) mass is 340 g/mol. The molecule has 0 bridgehead atoms. The summed E-state index contributed by atoms with van der Waals surface area (Å²) in [5, 5.41) is 18.9. The van der Waals surface area contributed by atoms with Crippen LogP contribution in [0.3, 0.4) is 0 Å². The van der Waals surface area contributed by atoms with E-state index in [1.165, 1.54) is 0 Å². The third-order valence-corrected chi connectivity index (χ3v) is 4.52. The van der Waals surface area contributed by atoms with Crippen molar-refractivity contribution in [1.29, 1.82) is 0 Å². The minimum absolute atomic E-state index is 0.171. The zero-order chi connectivity index (χ0) is 18.1. The molecule has 0 aromatic heterocycles. The summed E-state index contributed by atoms with van der Waals surface area (Å²) in [7, 11) is 0. The molecule has 0 heterocycles. The molecule has 1 unspecified atom stereocenters. The molecular weight excluding hydrogens is 316 g/mol. The number of hydrogen-bond donors (Lipinski definition) is 2. The molecule has 0 spiro atoms. The van der Waals surface area contributed by atoms with Gasteiger partial charge in [-0.3, -0.25) is 9.59 Å². The van der Waals surface area contributed by atoms with E-state index in [0.717, 1.165) is 11.1 Å². The first-order valence-electron chi connectivity index (χ1n) is 8.59. The van der Waals surface area contributed by atoms with Gasteiger partial charge in [-0.15, -0.1) is 0 Å². The molecule has 2 aromatic carbocycles. The number of benzene rings is 2. The molecule has 0 saturated heterocycles. The minimum atomic E-state index is -0.915. The minimum Gasteiger partial charge on any atom is -0.481 e. The molecule has 2 N–H and O–H groups in total. The van der Waals surface area contributed by atoms with Crippen LogP contribution < -0.4 is 0 Å². The van der Waals surface area contributed by atoms with E-state index in [1.807, 2.05) is 60.7 Å². The maximum Gasteiger partial charge on any atom is 0.306 e. The van der Waals surface area contributed by atoms with Crippen molar-refractivity contribution in [2.24, 2.45) is 11.8 Å². The van der Waals surface area contributed by atoms with Crippen molar-refractivity contribution in [3.05, 3.63) is 71.8 Å². The predicted molar refractivity (Wildman–Crippen MR) is 96.4 cm³/mol. The predicted octanol–water partition coefficient (Wildman–Crippen LogP) is 4.04. The quantitative estimate of drug-likeness (QED) is 0.684. The summed E-state index contributed by atoms with van der Waals surface area (Å²) in [4.78, 5) is 23.1. The van der Waals surface area contributed by atoms with Crippen LogP contribution >= 0.6 is 0 Å². The molecule has 2 atom stereocenters. The van der Waals surface area contributed by atoms with Gasteiger partial charge in [0.15, 0.2) is 0 Å². The highest BCUT2D eigenvalue weighted by atomic mass is 16.4. The molecule has 0 radical (unpaired) electrons. The molecule has 25 heavy (non-hydrogen) atoms. The molecule has 0 fully saturated rings. The van der Waals surface area contributed by atoms with Gasteiger partial charge < -0.3 is 10.2 Å². The summed E-state index contributed by atoms with van der Waals surface area (Å²) in [5.41, 5.74) is 2.15. The van der Waals surface area contributed by atoms with Crippen molar-refractivity contribution in [1.82, 2.24) is 0 Å². The van der Waals surface area contributed by atoms with Crippen molar-refractivity contribution >= 4 is 11.9 Å². The Kier molecular flexibility index (Phi) is 7.20. The van der Waals surface area contributed by atoms with Gasteiger partial charge in [0.05, 0.1) is 11.8 Å². The van der Waals surface area contributed by atoms with Gasteiger partial charge in [0.25, 0.3) is 0 Å². The zero-order valence-electron chi connectivity index (χ0n) is 14.2. The summed E-state index contributed by atoms with van der Waals surface area (Å²) >= 11 is 0. The molecule has 0 amide bonds. The van der Waals surface area contributed by atoms with Gasteiger partial charge in [-0.25, -0.2) is 0 Å². The van der Waals surface area contributed by atoms with E-state index in [-0.39, 0.29) is 6.42 Å². The molecular formula is C21H24O4. The normalized spacial score (nSPS) is 13.1. The second-order valence-electron chi connectivity index (χ2n) is 6.35. The molecule has 0 saturated carbocycles. The summed E-state index contributed by atoms with van der Waals surface area (Å²) in [5.74, 6) is -3.11. The SMILES string of the molecule is O=C(O)C(CCc1ccccc1)C[C@H](CCc1ccccc1)C(=O)O. The Morgan fingerprint density at radius 1 is 0.680 bits per heavy atom. The van der Waals surface area contributed by atoms with E-state index in [0.29, 0.717) is 25.7 Å². The lowest BCUT2D eigenvalue weighted by atomic mass is 9.86. The Balaban J connectivity index is 1.93. The highest BCUT2D eigenvalue weighted by Gasteiger charge is 2.26. The first-order chi connectivity index (χ1) is 12.1. The third-order valence-electron chi connectivity index (χ3n) is 4.52. The lowest BCUT2D eigenvalue weighted by molar-refractivity contribution is -0.146. The third kappa shape index (κ3) is 6.42. The van der Waals surface area contributed by atoms with Crippen molar-refractivity contribution in [3.8, 4) is 0 Å². The number of carboxylic acids is 2. The summed E-state index contributed by atoms with van der Waals surface area (Å²) in [6.45, 7) is 0. The number of aryl methyl sites for hydroxylation is 2.